The number of likely N-dealkylation sites (tertiary alicyclic amines) is 1. The van der Waals surface area contributed by atoms with Crippen molar-refractivity contribution in [2.24, 2.45) is 0 Å². The summed E-state index contributed by atoms with van der Waals surface area (Å²) in [6.45, 7) is 1.98. The number of nitrogens with zero attached hydrogens (tertiary/aromatic N) is 1. The lowest BCUT2D eigenvalue weighted by Gasteiger charge is -2.30. The first-order valence-electron chi connectivity index (χ1n) is 6.53. The fourth-order valence-corrected chi connectivity index (χ4v) is 2.41. The average molecular weight is 263 g/mol. The molecule has 1 fully saturated rings. The molecule has 104 valence electrons. The van der Waals surface area contributed by atoms with Gasteiger partial charge < -0.3 is 20.7 Å². The molecule has 1 aromatic carbocycles. The molecule has 1 heterocycles. The van der Waals surface area contributed by atoms with Crippen molar-refractivity contribution in [2.75, 3.05) is 33.0 Å². The van der Waals surface area contributed by atoms with Crippen LogP contribution in [0.15, 0.2) is 18.2 Å². The first kappa shape index (κ1) is 13.7. The highest BCUT2D eigenvalue weighted by Gasteiger charge is 2.20. The zero-order chi connectivity index (χ0) is 13.8. The molecule has 19 heavy (non-hydrogen) atoms. The molecule has 1 unspecified atom stereocenters. The summed E-state index contributed by atoms with van der Waals surface area (Å²) < 4.78 is 5.12. The second-order valence-corrected chi connectivity index (χ2v) is 5.03. The van der Waals surface area contributed by atoms with Crippen molar-refractivity contribution >= 4 is 11.6 Å². The Morgan fingerprint density at radius 3 is 3.00 bits per heavy atom. The van der Waals surface area contributed by atoms with Crippen molar-refractivity contribution < 1.29 is 9.53 Å². The number of anilines is 1. The molecule has 0 aliphatic carbocycles. The van der Waals surface area contributed by atoms with E-state index in [4.69, 9.17) is 10.5 Å². The monoisotopic (exact) mass is 263 g/mol. The SMILES string of the molecule is COc1ccc(N)c(C(=O)NC2CCCN(C)C2)c1. The zero-order valence-corrected chi connectivity index (χ0v) is 11.5. The van der Waals surface area contributed by atoms with E-state index in [0.29, 0.717) is 17.0 Å². The summed E-state index contributed by atoms with van der Waals surface area (Å²) >= 11 is 0. The summed E-state index contributed by atoms with van der Waals surface area (Å²) in [5.41, 5.74) is 6.80. The molecular weight excluding hydrogens is 242 g/mol. The van der Waals surface area contributed by atoms with Gasteiger partial charge in [0.05, 0.1) is 12.7 Å². The van der Waals surface area contributed by atoms with Crippen LogP contribution < -0.4 is 15.8 Å². The summed E-state index contributed by atoms with van der Waals surface area (Å²) in [7, 11) is 3.64. The van der Waals surface area contributed by atoms with E-state index in [9.17, 15) is 4.79 Å². The lowest BCUT2D eigenvalue weighted by molar-refractivity contribution is 0.0913. The van der Waals surface area contributed by atoms with Crippen LogP contribution in [0, 0.1) is 0 Å². The molecule has 5 heteroatoms. The first-order valence-corrected chi connectivity index (χ1v) is 6.53. The van der Waals surface area contributed by atoms with Crippen LogP contribution in [0.25, 0.3) is 0 Å². The number of carbonyl (C=O) groups is 1. The molecule has 1 atom stereocenters. The number of hydrogen-bond acceptors (Lipinski definition) is 4. The summed E-state index contributed by atoms with van der Waals surface area (Å²) in [5.74, 6) is 0.511. The maximum Gasteiger partial charge on any atom is 0.253 e. The predicted octanol–water partition coefficient (Wildman–Crippen LogP) is 1.10. The van der Waals surface area contributed by atoms with Crippen molar-refractivity contribution in [3.05, 3.63) is 23.8 Å². The number of piperidine rings is 1. The maximum atomic E-state index is 12.2. The third kappa shape index (κ3) is 3.38. The van der Waals surface area contributed by atoms with E-state index in [-0.39, 0.29) is 11.9 Å². The van der Waals surface area contributed by atoms with Crippen molar-refractivity contribution in [3.8, 4) is 5.75 Å². The van der Waals surface area contributed by atoms with E-state index in [1.54, 1.807) is 25.3 Å². The van der Waals surface area contributed by atoms with Gasteiger partial charge in [-0.3, -0.25) is 4.79 Å². The summed E-state index contributed by atoms with van der Waals surface area (Å²) in [5, 5.41) is 3.04. The number of likely N-dealkylation sites (N-methyl/N-ethyl adjacent to an activating group) is 1. The lowest BCUT2D eigenvalue weighted by Crippen LogP contribution is -2.46. The van der Waals surface area contributed by atoms with Gasteiger partial charge in [0.15, 0.2) is 0 Å². The molecule has 1 aliphatic rings. The number of benzene rings is 1. The highest BCUT2D eigenvalue weighted by atomic mass is 16.5. The van der Waals surface area contributed by atoms with Gasteiger partial charge in [-0.05, 0) is 44.6 Å². The first-order chi connectivity index (χ1) is 9.10. The minimum atomic E-state index is -0.128. The number of nitrogens with two attached hydrogens (primary N) is 1. The Bertz CT molecular complexity index is 462. The van der Waals surface area contributed by atoms with Crippen LogP contribution in [-0.2, 0) is 0 Å². The zero-order valence-electron chi connectivity index (χ0n) is 11.5. The molecule has 0 radical (unpaired) electrons. The van der Waals surface area contributed by atoms with Gasteiger partial charge in [0.2, 0.25) is 0 Å². The molecule has 0 bridgehead atoms. The highest BCUT2D eigenvalue weighted by molar-refractivity contribution is 5.99. The van der Waals surface area contributed by atoms with E-state index >= 15 is 0 Å². The van der Waals surface area contributed by atoms with E-state index in [2.05, 4.69) is 17.3 Å². The molecule has 0 spiro atoms. The predicted molar refractivity (Wildman–Crippen MR) is 75.4 cm³/mol. The standard InChI is InChI=1S/C14H21N3O2/c1-17-7-3-4-10(9-17)16-14(18)12-8-11(19-2)5-6-13(12)15/h5-6,8,10H,3-4,7,9,15H2,1-2H3,(H,16,18). The lowest BCUT2D eigenvalue weighted by atomic mass is 10.1. The third-order valence-corrected chi connectivity index (χ3v) is 3.46. The fraction of sp³-hybridized carbons (Fsp3) is 0.500. The fourth-order valence-electron chi connectivity index (χ4n) is 2.41. The van der Waals surface area contributed by atoms with Gasteiger partial charge in [-0.25, -0.2) is 0 Å². The van der Waals surface area contributed by atoms with Gasteiger partial charge >= 0.3 is 0 Å². The van der Waals surface area contributed by atoms with Crippen LogP contribution in [-0.4, -0.2) is 44.1 Å². The Kier molecular flexibility index (Phi) is 4.27. The molecule has 1 amide bonds. The topological polar surface area (TPSA) is 67.6 Å². The van der Waals surface area contributed by atoms with Gasteiger partial charge in [0.25, 0.3) is 5.91 Å². The number of rotatable bonds is 3. The Hall–Kier alpha value is -1.75. The minimum absolute atomic E-state index is 0.128. The molecule has 0 aromatic heterocycles. The van der Waals surface area contributed by atoms with Gasteiger partial charge in [-0.15, -0.1) is 0 Å². The number of nitrogen functional groups attached to an aromatic ring is 1. The molecule has 3 N–H and O–H groups in total. The second-order valence-electron chi connectivity index (χ2n) is 5.03. The molecule has 5 nitrogen and oxygen atoms in total. The van der Waals surface area contributed by atoms with Crippen molar-refractivity contribution in [2.45, 2.75) is 18.9 Å². The second kappa shape index (κ2) is 5.93. The van der Waals surface area contributed by atoms with Crippen LogP contribution in [0.4, 0.5) is 5.69 Å². The number of nitrogens with one attached hydrogen (secondary N) is 1. The van der Waals surface area contributed by atoms with E-state index < -0.39 is 0 Å². The van der Waals surface area contributed by atoms with E-state index in [1.807, 2.05) is 0 Å². The number of carbonyl (C=O) groups excluding carboxylic acids is 1. The van der Waals surface area contributed by atoms with Crippen LogP contribution in [0.5, 0.6) is 5.75 Å². The number of hydrogen-bond donors (Lipinski definition) is 2. The van der Waals surface area contributed by atoms with Crippen LogP contribution in [0.2, 0.25) is 0 Å². The van der Waals surface area contributed by atoms with Gasteiger partial charge in [-0.2, -0.15) is 0 Å². The third-order valence-electron chi connectivity index (χ3n) is 3.46. The van der Waals surface area contributed by atoms with Gasteiger partial charge in [0.1, 0.15) is 5.75 Å². The number of ether oxygens (including phenoxy) is 1. The minimum Gasteiger partial charge on any atom is -0.497 e. The van der Waals surface area contributed by atoms with Crippen LogP contribution >= 0.6 is 0 Å². The Balaban J connectivity index is 2.06. The molecule has 0 saturated carbocycles. The molecule has 1 saturated heterocycles. The summed E-state index contributed by atoms with van der Waals surface area (Å²) in [6, 6.07) is 5.31. The van der Waals surface area contributed by atoms with Crippen LogP contribution in [0.1, 0.15) is 23.2 Å². The quantitative estimate of drug-likeness (QED) is 0.801. The molecule has 1 aliphatic heterocycles. The van der Waals surface area contributed by atoms with Gasteiger partial charge in [0, 0.05) is 18.3 Å². The largest absolute Gasteiger partial charge is 0.497 e. The smallest absolute Gasteiger partial charge is 0.253 e. The summed E-state index contributed by atoms with van der Waals surface area (Å²) in [6.07, 6.45) is 2.12. The highest BCUT2D eigenvalue weighted by Crippen LogP contribution is 2.20. The Morgan fingerprint density at radius 2 is 2.32 bits per heavy atom. The maximum absolute atomic E-state index is 12.2. The number of amides is 1. The Labute approximate surface area is 113 Å². The van der Waals surface area contributed by atoms with Crippen molar-refractivity contribution in [1.29, 1.82) is 0 Å². The van der Waals surface area contributed by atoms with Crippen molar-refractivity contribution in [1.82, 2.24) is 10.2 Å². The van der Waals surface area contributed by atoms with Gasteiger partial charge in [-0.1, -0.05) is 0 Å². The molecule has 1 aromatic rings. The average Bonchev–Trinajstić information content (AvgIpc) is 2.39. The normalized spacial score (nSPS) is 20.0. The number of methoxy groups -OCH3 is 1. The van der Waals surface area contributed by atoms with E-state index in [1.165, 1.54) is 0 Å². The molecule has 2 rings (SSSR count). The summed E-state index contributed by atoms with van der Waals surface area (Å²) in [4.78, 5) is 14.5. The van der Waals surface area contributed by atoms with Crippen molar-refractivity contribution in [3.63, 3.8) is 0 Å². The van der Waals surface area contributed by atoms with E-state index in [0.717, 1.165) is 25.9 Å². The van der Waals surface area contributed by atoms with Crippen LogP contribution in [0.3, 0.4) is 0 Å². The Morgan fingerprint density at radius 1 is 1.53 bits per heavy atom. The molecular formula is C14H21N3O2.